The van der Waals surface area contributed by atoms with Crippen LogP contribution in [0.5, 0.6) is 0 Å². The van der Waals surface area contributed by atoms with E-state index in [4.69, 9.17) is 0 Å². The summed E-state index contributed by atoms with van der Waals surface area (Å²) in [6.45, 7) is 5.94. The first-order valence-corrected chi connectivity index (χ1v) is 13.3. The van der Waals surface area contributed by atoms with Gasteiger partial charge >= 0.3 is 0 Å². The van der Waals surface area contributed by atoms with Crippen molar-refractivity contribution in [3.8, 4) is 0 Å². The van der Waals surface area contributed by atoms with Crippen molar-refractivity contribution in [2.45, 2.75) is 32.6 Å². The van der Waals surface area contributed by atoms with E-state index in [0.717, 1.165) is 39.1 Å². The highest BCUT2D eigenvalue weighted by molar-refractivity contribution is 6.25. The van der Waals surface area contributed by atoms with Gasteiger partial charge in [-0.1, -0.05) is 54.6 Å². The second kappa shape index (κ2) is 8.24. The summed E-state index contributed by atoms with van der Waals surface area (Å²) in [5, 5.41) is 2.95. The summed E-state index contributed by atoms with van der Waals surface area (Å²) in [6.07, 6.45) is 0. The Labute approximate surface area is 227 Å². The predicted molar refractivity (Wildman–Crippen MR) is 151 cm³/mol. The largest absolute Gasteiger partial charge is 0.322 e. The molecule has 2 atom stereocenters. The number of aryl methyl sites for hydroxylation is 2. The van der Waals surface area contributed by atoms with Crippen LogP contribution in [0.3, 0.4) is 0 Å². The van der Waals surface area contributed by atoms with Crippen LogP contribution in [0.2, 0.25) is 0 Å². The number of rotatable bonds is 3. The summed E-state index contributed by atoms with van der Waals surface area (Å²) in [5.41, 5.74) is 7.51. The van der Waals surface area contributed by atoms with E-state index in [2.05, 4.69) is 35.6 Å². The molecule has 3 amide bonds. The van der Waals surface area contributed by atoms with E-state index >= 15 is 0 Å². The van der Waals surface area contributed by atoms with Crippen molar-refractivity contribution in [1.82, 2.24) is 0 Å². The predicted octanol–water partition coefficient (Wildman–Crippen LogP) is 6.34. The number of anilines is 2. The molecule has 0 unspecified atom stereocenters. The SMILES string of the molecule is Cc1cc(C)cc(NC(=O)c2ccc(N3C(=O)[C@@H]4C5c6ccccc6C(c6ccccc65)[C@@]4(C)C3=O)cc2)c1. The second-order valence-electron chi connectivity index (χ2n) is 11.3. The average Bonchev–Trinajstić information content (AvgIpc) is 3.13. The van der Waals surface area contributed by atoms with Crippen molar-refractivity contribution < 1.29 is 14.4 Å². The van der Waals surface area contributed by atoms with Gasteiger partial charge in [0.2, 0.25) is 11.8 Å². The summed E-state index contributed by atoms with van der Waals surface area (Å²) in [7, 11) is 0. The van der Waals surface area contributed by atoms with Crippen LogP contribution in [0.4, 0.5) is 11.4 Å². The van der Waals surface area contributed by atoms with Gasteiger partial charge in [-0.3, -0.25) is 14.4 Å². The van der Waals surface area contributed by atoms with Crippen molar-refractivity contribution >= 4 is 29.1 Å². The fourth-order valence-electron chi connectivity index (χ4n) is 7.37. The third kappa shape index (κ3) is 3.22. The van der Waals surface area contributed by atoms with Gasteiger partial charge in [0.05, 0.1) is 17.0 Å². The molecule has 8 rings (SSSR count). The van der Waals surface area contributed by atoms with Gasteiger partial charge in [-0.2, -0.15) is 0 Å². The van der Waals surface area contributed by atoms with Gasteiger partial charge in [-0.05, 0) is 90.6 Å². The van der Waals surface area contributed by atoms with E-state index in [9.17, 15) is 14.4 Å². The monoisotopic (exact) mass is 512 g/mol. The number of benzene rings is 4. The molecule has 0 saturated carbocycles. The number of hydrogen-bond acceptors (Lipinski definition) is 3. The molecule has 1 N–H and O–H groups in total. The van der Waals surface area contributed by atoms with Crippen molar-refractivity contribution in [1.29, 1.82) is 0 Å². The molecule has 4 aromatic carbocycles. The van der Waals surface area contributed by atoms with Crippen LogP contribution < -0.4 is 10.2 Å². The number of nitrogens with one attached hydrogen (secondary N) is 1. The fraction of sp³-hybridized carbons (Fsp3) is 0.206. The highest BCUT2D eigenvalue weighted by atomic mass is 16.2. The minimum absolute atomic E-state index is 0.170. The molecule has 3 aliphatic carbocycles. The number of nitrogens with zero attached hydrogens (tertiary/aromatic N) is 1. The van der Waals surface area contributed by atoms with Crippen molar-refractivity contribution in [3.05, 3.63) is 130 Å². The number of hydrogen-bond donors (Lipinski definition) is 1. The Morgan fingerprint density at radius 1 is 0.769 bits per heavy atom. The molecule has 1 fully saturated rings. The number of amides is 3. The molecule has 39 heavy (non-hydrogen) atoms. The summed E-state index contributed by atoms with van der Waals surface area (Å²) in [5.74, 6) is -1.43. The number of imide groups is 1. The lowest BCUT2D eigenvalue weighted by atomic mass is 9.48. The Balaban J connectivity index is 1.24. The summed E-state index contributed by atoms with van der Waals surface area (Å²) in [6, 6.07) is 29.1. The molecule has 1 aliphatic heterocycles. The molecule has 5 heteroatoms. The van der Waals surface area contributed by atoms with Gasteiger partial charge in [0.15, 0.2) is 0 Å². The first kappa shape index (κ1) is 23.6. The Kier molecular flexibility index (Phi) is 4.99. The van der Waals surface area contributed by atoms with Gasteiger partial charge in [-0.15, -0.1) is 0 Å². The topological polar surface area (TPSA) is 66.5 Å². The maximum absolute atomic E-state index is 14.2. The molecule has 0 aromatic heterocycles. The minimum Gasteiger partial charge on any atom is -0.322 e. The maximum Gasteiger partial charge on any atom is 0.255 e. The van der Waals surface area contributed by atoms with E-state index in [1.165, 1.54) is 4.90 Å². The van der Waals surface area contributed by atoms with E-state index in [1.807, 2.05) is 57.2 Å². The Bertz CT molecular complexity index is 1640. The van der Waals surface area contributed by atoms with Gasteiger partial charge in [0, 0.05) is 23.1 Å². The van der Waals surface area contributed by atoms with Crippen molar-refractivity contribution in [2.75, 3.05) is 10.2 Å². The Morgan fingerprint density at radius 3 is 1.87 bits per heavy atom. The molecular formula is C34H28N2O3. The van der Waals surface area contributed by atoms with Crippen LogP contribution >= 0.6 is 0 Å². The molecule has 2 bridgehead atoms. The van der Waals surface area contributed by atoms with Crippen LogP contribution in [-0.2, 0) is 9.59 Å². The van der Waals surface area contributed by atoms with Crippen molar-refractivity contribution in [2.24, 2.45) is 11.3 Å². The number of carbonyl (C=O) groups is 3. The average molecular weight is 513 g/mol. The molecular weight excluding hydrogens is 484 g/mol. The van der Waals surface area contributed by atoms with Crippen LogP contribution in [0.15, 0.2) is 91.0 Å². The maximum atomic E-state index is 14.2. The normalized spacial score (nSPS) is 24.3. The second-order valence-corrected chi connectivity index (χ2v) is 11.3. The van der Waals surface area contributed by atoms with Crippen molar-refractivity contribution in [3.63, 3.8) is 0 Å². The molecule has 4 aromatic rings. The molecule has 0 spiro atoms. The summed E-state index contributed by atoms with van der Waals surface area (Å²) < 4.78 is 0. The first-order chi connectivity index (χ1) is 18.8. The number of carbonyl (C=O) groups excluding carboxylic acids is 3. The molecule has 1 saturated heterocycles. The lowest BCUT2D eigenvalue weighted by molar-refractivity contribution is -0.128. The zero-order chi connectivity index (χ0) is 27.1. The lowest BCUT2D eigenvalue weighted by Gasteiger charge is -2.51. The molecule has 0 radical (unpaired) electrons. The zero-order valence-electron chi connectivity index (χ0n) is 22.1. The third-order valence-electron chi connectivity index (χ3n) is 8.88. The molecule has 4 aliphatic rings. The lowest BCUT2D eigenvalue weighted by Crippen LogP contribution is -2.49. The van der Waals surface area contributed by atoms with Gasteiger partial charge in [-0.25, -0.2) is 4.90 Å². The highest BCUT2D eigenvalue weighted by Crippen LogP contribution is 2.67. The third-order valence-corrected chi connectivity index (χ3v) is 8.88. The van der Waals surface area contributed by atoms with Crippen LogP contribution in [0.1, 0.15) is 62.5 Å². The summed E-state index contributed by atoms with van der Waals surface area (Å²) >= 11 is 0. The quantitative estimate of drug-likeness (QED) is 0.326. The standard InChI is InChI=1S/C34H28N2O3/c1-19-16-20(2)18-22(17-19)35-31(37)21-12-14-23(15-13-21)36-32(38)30-28-24-8-4-6-10-26(24)29(34(30,3)33(36)39)27-11-7-5-9-25(27)28/h4-18,28-30H,1-3H3,(H,35,37)/t28?,29?,30-,34+/m0/s1. The van der Waals surface area contributed by atoms with Crippen LogP contribution in [-0.4, -0.2) is 17.7 Å². The molecule has 192 valence electrons. The molecule has 1 heterocycles. The zero-order valence-corrected chi connectivity index (χ0v) is 22.1. The van der Waals surface area contributed by atoms with E-state index < -0.39 is 11.3 Å². The Morgan fingerprint density at radius 2 is 1.31 bits per heavy atom. The van der Waals surface area contributed by atoms with Gasteiger partial charge in [0.1, 0.15) is 0 Å². The van der Waals surface area contributed by atoms with Crippen LogP contribution in [0, 0.1) is 25.2 Å². The summed E-state index contributed by atoms with van der Waals surface area (Å²) in [4.78, 5) is 42.6. The highest BCUT2D eigenvalue weighted by Gasteiger charge is 2.68. The fourth-order valence-corrected chi connectivity index (χ4v) is 7.37. The van der Waals surface area contributed by atoms with E-state index in [0.29, 0.717) is 11.3 Å². The smallest absolute Gasteiger partial charge is 0.255 e. The van der Waals surface area contributed by atoms with Crippen LogP contribution in [0.25, 0.3) is 0 Å². The van der Waals surface area contributed by atoms with Gasteiger partial charge in [0.25, 0.3) is 5.91 Å². The Hall–Kier alpha value is -4.51. The van der Waals surface area contributed by atoms with Gasteiger partial charge < -0.3 is 5.32 Å². The van der Waals surface area contributed by atoms with E-state index in [-0.39, 0.29) is 29.6 Å². The van der Waals surface area contributed by atoms with E-state index in [1.54, 1.807) is 24.3 Å². The minimum atomic E-state index is -0.885. The first-order valence-electron chi connectivity index (χ1n) is 13.3. The molecule has 5 nitrogen and oxygen atoms in total.